The quantitative estimate of drug-likeness (QED) is 0.423. The van der Waals surface area contributed by atoms with E-state index in [1.807, 2.05) is 66.1 Å². The first-order valence-electron chi connectivity index (χ1n) is 10.7. The molecular weight excluding hydrogens is 424 g/mol. The van der Waals surface area contributed by atoms with Crippen molar-refractivity contribution < 1.29 is 13.9 Å². The molecule has 5 rings (SSSR count). The second-order valence-corrected chi connectivity index (χ2v) is 8.80. The van der Waals surface area contributed by atoms with Crippen molar-refractivity contribution in [1.82, 2.24) is 20.1 Å². The Balaban J connectivity index is 1.40. The van der Waals surface area contributed by atoms with Crippen molar-refractivity contribution >= 4 is 28.6 Å². The average Bonchev–Trinajstić information content (AvgIpc) is 3.56. The Morgan fingerprint density at radius 2 is 2.03 bits per heavy atom. The molecule has 2 aromatic carbocycles. The molecule has 1 N–H and O–H groups in total. The molecule has 8 heteroatoms. The summed E-state index contributed by atoms with van der Waals surface area (Å²) in [6, 6.07) is 17.9. The molecule has 2 aromatic heterocycles. The molecule has 0 saturated carbocycles. The molecule has 1 saturated heterocycles. The second kappa shape index (κ2) is 9.18. The molecule has 32 heavy (non-hydrogen) atoms. The number of fused-ring (bicyclic) bond motifs is 1. The molecule has 1 amide bonds. The summed E-state index contributed by atoms with van der Waals surface area (Å²) in [7, 11) is 0. The van der Waals surface area contributed by atoms with Crippen LogP contribution in [0.3, 0.4) is 0 Å². The molecule has 0 radical (unpaired) electrons. The van der Waals surface area contributed by atoms with Gasteiger partial charge in [-0.1, -0.05) is 47.7 Å². The molecule has 7 nitrogen and oxygen atoms in total. The summed E-state index contributed by atoms with van der Waals surface area (Å²) in [4.78, 5) is 12.4. The number of hydrogen-bond donors (Lipinski definition) is 1. The van der Waals surface area contributed by atoms with Gasteiger partial charge in [-0.3, -0.25) is 9.36 Å². The minimum absolute atomic E-state index is 0.0470. The number of ether oxygens (including phenoxy) is 1. The number of nitrogens with one attached hydrogen (secondary N) is 1. The fourth-order valence-electron chi connectivity index (χ4n) is 3.76. The number of carbonyl (C=O) groups is 1. The van der Waals surface area contributed by atoms with E-state index in [0.29, 0.717) is 23.3 Å². The molecule has 1 aliphatic heterocycles. The molecule has 1 atom stereocenters. The van der Waals surface area contributed by atoms with Gasteiger partial charge in [0.15, 0.2) is 10.9 Å². The van der Waals surface area contributed by atoms with Gasteiger partial charge in [0, 0.05) is 24.2 Å². The number of carbonyl (C=O) groups excluding carboxylic acids is 1. The molecule has 1 unspecified atom stereocenters. The van der Waals surface area contributed by atoms with E-state index >= 15 is 0 Å². The van der Waals surface area contributed by atoms with Crippen LogP contribution in [-0.4, -0.2) is 45.7 Å². The predicted molar refractivity (Wildman–Crippen MR) is 124 cm³/mol. The number of aryl methyl sites for hydroxylation is 1. The van der Waals surface area contributed by atoms with Crippen molar-refractivity contribution in [1.29, 1.82) is 0 Å². The molecular formula is C24H24N4O3S. The standard InChI is InChI=1S/C24H24N4O3S/c1-16-8-10-18(11-9-16)28-23(21-13-17-5-2-3-7-20(17)31-21)26-27-24(28)32-15-22(29)25-14-19-6-4-12-30-19/h2-3,5,7-11,13,19H,4,6,12,14-15H2,1H3,(H,25,29). The summed E-state index contributed by atoms with van der Waals surface area (Å²) in [6.07, 6.45) is 2.18. The van der Waals surface area contributed by atoms with Crippen LogP contribution in [0.2, 0.25) is 0 Å². The lowest BCUT2D eigenvalue weighted by molar-refractivity contribution is -0.119. The zero-order valence-corrected chi connectivity index (χ0v) is 18.6. The maximum atomic E-state index is 12.4. The van der Waals surface area contributed by atoms with Gasteiger partial charge in [0.25, 0.3) is 0 Å². The van der Waals surface area contributed by atoms with E-state index in [2.05, 4.69) is 15.5 Å². The Kier molecular flexibility index (Phi) is 5.96. The topological polar surface area (TPSA) is 82.2 Å². The van der Waals surface area contributed by atoms with Crippen LogP contribution in [0.25, 0.3) is 28.2 Å². The van der Waals surface area contributed by atoms with Crippen LogP contribution in [0, 0.1) is 6.92 Å². The van der Waals surface area contributed by atoms with E-state index in [1.54, 1.807) is 0 Å². The SMILES string of the molecule is Cc1ccc(-n2c(SCC(=O)NCC3CCCO3)nnc2-c2cc3ccccc3o2)cc1. The minimum Gasteiger partial charge on any atom is -0.453 e. The molecule has 164 valence electrons. The van der Waals surface area contributed by atoms with Gasteiger partial charge in [0.05, 0.1) is 11.9 Å². The lowest BCUT2D eigenvalue weighted by atomic mass is 10.2. The first-order chi connectivity index (χ1) is 15.7. The van der Waals surface area contributed by atoms with Gasteiger partial charge in [-0.15, -0.1) is 10.2 Å². The van der Waals surface area contributed by atoms with Gasteiger partial charge in [0.1, 0.15) is 5.58 Å². The average molecular weight is 449 g/mol. The number of hydrogen-bond acceptors (Lipinski definition) is 6. The van der Waals surface area contributed by atoms with E-state index in [-0.39, 0.29) is 17.8 Å². The van der Waals surface area contributed by atoms with Gasteiger partial charge < -0.3 is 14.5 Å². The van der Waals surface area contributed by atoms with Crippen LogP contribution >= 0.6 is 11.8 Å². The van der Waals surface area contributed by atoms with E-state index < -0.39 is 0 Å². The van der Waals surface area contributed by atoms with Gasteiger partial charge >= 0.3 is 0 Å². The highest BCUT2D eigenvalue weighted by Crippen LogP contribution is 2.31. The summed E-state index contributed by atoms with van der Waals surface area (Å²) in [5.41, 5.74) is 2.87. The second-order valence-electron chi connectivity index (χ2n) is 7.85. The number of rotatable bonds is 7. The van der Waals surface area contributed by atoms with Crippen LogP contribution in [0.1, 0.15) is 18.4 Å². The van der Waals surface area contributed by atoms with Crippen LogP contribution < -0.4 is 5.32 Å². The number of thioether (sulfide) groups is 1. The zero-order valence-electron chi connectivity index (χ0n) is 17.8. The maximum Gasteiger partial charge on any atom is 0.230 e. The summed E-state index contributed by atoms with van der Waals surface area (Å²) in [6.45, 7) is 3.37. The third-order valence-electron chi connectivity index (χ3n) is 5.45. The Labute approximate surface area is 190 Å². The predicted octanol–water partition coefficient (Wildman–Crippen LogP) is 4.38. The number of furan rings is 1. The Hall–Kier alpha value is -3.10. The van der Waals surface area contributed by atoms with Crippen molar-refractivity contribution in [2.45, 2.75) is 31.0 Å². The molecule has 4 aromatic rings. The van der Waals surface area contributed by atoms with Crippen LogP contribution in [0.4, 0.5) is 0 Å². The Morgan fingerprint density at radius 1 is 1.19 bits per heavy atom. The van der Waals surface area contributed by atoms with Crippen molar-refractivity contribution in [3.63, 3.8) is 0 Å². The summed E-state index contributed by atoms with van der Waals surface area (Å²) in [5.74, 6) is 1.44. The first-order valence-corrected chi connectivity index (χ1v) is 11.7. The number of aromatic nitrogens is 3. The maximum absolute atomic E-state index is 12.4. The van der Waals surface area contributed by atoms with Gasteiger partial charge in [0.2, 0.25) is 11.7 Å². The number of para-hydroxylation sites is 1. The first kappa shape index (κ1) is 20.8. The fraction of sp³-hybridized carbons (Fsp3) is 0.292. The van der Waals surface area contributed by atoms with Crippen molar-refractivity contribution in [3.05, 3.63) is 60.2 Å². The largest absolute Gasteiger partial charge is 0.453 e. The highest BCUT2D eigenvalue weighted by Gasteiger charge is 2.21. The molecule has 1 aliphatic rings. The number of amides is 1. The number of benzene rings is 2. The molecule has 3 heterocycles. The van der Waals surface area contributed by atoms with E-state index in [0.717, 1.165) is 41.7 Å². The Morgan fingerprint density at radius 3 is 2.81 bits per heavy atom. The van der Waals surface area contributed by atoms with Crippen LogP contribution in [0.15, 0.2) is 64.2 Å². The molecule has 0 spiro atoms. The highest BCUT2D eigenvalue weighted by atomic mass is 32.2. The van der Waals surface area contributed by atoms with Gasteiger partial charge in [-0.2, -0.15) is 0 Å². The third kappa shape index (κ3) is 4.42. The third-order valence-corrected chi connectivity index (χ3v) is 6.38. The van der Waals surface area contributed by atoms with Crippen molar-refractivity contribution in [3.8, 4) is 17.3 Å². The smallest absolute Gasteiger partial charge is 0.230 e. The van der Waals surface area contributed by atoms with Gasteiger partial charge in [-0.05, 0) is 44.0 Å². The summed E-state index contributed by atoms with van der Waals surface area (Å²) < 4.78 is 13.6. The molecule has 0 bridgehead atoms. The highest BCUT2D eigenvalue weighted by molar-refractivity contribution is 7.99. The monoisotopic (exact) mass is 448 g/mol. The minimum atomic E-state index is -0.0470. The fourth-order valence-corrected chi connectivity index (χ4v) is 4.54. The molecule has 1 fully saturated rings. The molecule has 0 aliphatic carbocycles. The summed E-state index contributed by atoms with van der Waals surface area (Å²) >= 11 is 1.35. The summed E-state index contributed by atoms with van der Waals surface area (Å²) in [5, 5.41) is 13.4. The zero-order chi connectivity index (χ0) is 21.9. The number of nitrogens with zero attached hydrogens (tertiary/aromatic N) is 3. The van der Waals surface area contributed by atoms with Crippen LogP contribution in [-0.2, 0) is 9.53 Å². The van der Waals surface area contributed by atoms with Crippen molar-refractivity contribution in [2.75, 3.05) is 18.9 Å². The normalized spacial score (nSPS) is 16.0. The van der Waals surface area contributed by atoms with Crippen LogP contribution in [0.5, 0.6) is 0 Å². The van der Waals surface area contributed by atoms with E-state index in [4.69, 9.17) is 9.15 Å². The van der Waals surface area contributed by atoms with E-state index in [9.17, 15) is 4.79 Å². The lowest BCUT2D eigenvalue weighted by Gasteiger charge is -2.11. The van der Waals surface area contributed by atoms with Crippen molar-refractivity contribution in [2.24, 2.45) is 0 Å². The van der Waals surface area contributed by atoms with E-state index in [1.165, 1.54) is 11.8 Å². The lowest BCUT2D eigenvalue weighted by Crippen LogP contribution is -2.32. The Bertz CT molecular complexity index is 1190. The van der Waals surface area contributed by atoms with Gasteiger partial charge in [-0.25, -0.2) is 0 Å².